The summed E-state index contributed by atoms with van der Waals surface area (Å²) in [5.74, 6) is 0. The minimum Gasteiger partial charge on any atom is -0.320 e. The molecule has 2 rings (SSSR count). The van der Waals surface area contributed by atoms with Crippen LogP contribution in [0.15, 0.2) is 34.8 Å². The second-order valence-electron chi connectivity index (χ2n) is 5.24. The summed E-state index contributed by atoms with van der Waals surface area (Å²) in [6, 6.07) is 10.6. The number of hydrogen-bond donors (Lipinski definition) is 1. The summed E-state index contributed by atoms with van der Waals surface area (Å²) in [6.45, 7) is 8.48. The van der Waals surface area contributed by atoms with Gasteiger partial charge in [0.2, 0.25) is 0 Å². The van der Waals surface area contributed by atoms with E-state index in [9.17, 15) is 0 Å². The maximum atomic E-state index is 6.52. The average molecular weight is 318 g/mol. The fraction of sp³-hybridized carbons (Fsp3) is 0.294. The van der Waals surface area contributed by atoms with Crippen LogP contribution < -0.4 is 5.73 Å². The van der Waals surface area contributed by atoms with Crippen LogP contribution in [0.4, 0.5) is 0 Å². The molecule has 0 radical (unpaired) electrons. The van der Waals surface area contributed by atoms with Crippen molar-refractivity contribution in [3.05, 3.63) is 68.2 Å². The number of rotatable bonds is 2. The lowest BCUT2D eigenvalue weighted by atomic mass is 9.89. The van der Waals surface area contributed by atoms with Gasteiger partial charge in [-0.05, 0) is 67.1 Å². The topological polar surface area (TPSA) is 26.0 Å². The molecule has 0 amide bonds. The van der Waals surface area contributed by atoms with E-state index in [0.717, 1.165) is 4.47 Å². The molecule has 100 valence electrons. The van der Waals surface area contributed by atoms with Gasteiger partial charge < -0.3 is 5.73 Å². The van der Waals surface area contributed by atoms with Gasteiger partial charge in [0.15, 0.2) is 0 Å². The van der Waals surface area contributed by atoms with Gasteiger partial charge in [0, 0.05) is 4.47 Å². The van der Waals surface area contributed by atoms with Gasteiger partial charge in [-0.3, -0.25) is 0 Å². The van der Waals surface area contributed by atoms with Crippen molar-refractivity contribution in [2.75, 3.05) is 0 Å². The standard InChI is InChI=1S/C17H20BrN/c1-10-6-5-7-11(2)16(10)17(19)14-8-13(4)15(18)9-12(14)3/h5-9,17H,19H2,1-4H3. The van der Waals surface area contributed by atoms with Gasteiger partial charge in [-0.25, -0.2) is 0 Å². The second kappa shape index (κ2) is 5.48. The molecule has 1 unspecified atom stereocenters. The van der Waals surface area contributed by atoms with Crippen LogP contribution in [-0.4, -0.2) is 0 Å². The molecule has 0 saturated carbocycles. The molecule has 2 aromatic carbocycles. The van der Waals surface area contributed by atoms with Crippen LogP contribution in [0.3, 0.4) is 0 Å². The highest BCUT2D eigenvalue weighted by Gasteiger charge is 2.16. The van der Waals surface area contributed by atoms with Crippen molar-refractivity contribution in [1.82, 2.24) is 0 Å². The summed E-state index contributed by atoms with van der Waals surface area (Å²) < 4.78 is 1.14. The number of nitrogens with two attached hydrogens (primary N) is 1. The number of benzene rings is 2. The van der Waals surface area contributed by atoms with Crippen molar-refractivity contribution >= 4 is 15.9 Å². The lowest BCUT2D eigenvalue weighted by Crippen LogP contribution is -2.16. The molecule has 0 aliphatic rings. The molecule has 19 heavy (non-hydrogen) atoms. The Morgan fingerprint density at radius 2 is 1.47 bits per heavy atom. The Kier molecular flexibility index (Phi) is 4.12. The van der Waals surface area contributed by atoms with Crippen LogP contribution in [0.2, 0.25) is 0 Å². The molecule has 1 atom stereocenters. The van der Waals surface area contributed by atoms with E-state index >= 15 is 0 Å². The fourth-order valence-electron chi connectivity index (χ4n) is 2.61. The second-order valence-corrected chi connectivity index (χ2v) is 6.10. The van der Waals surface area contributed by atoms with E-state index in [0.29, 0.717) is 0 Å². The molecule has 0 bridgehead atoms. The van der Waals surface area contributed by atoms with E-state index in [4.69, 9.17) is 5.73 Å². The molecule has 0 heterocycles. The van der Waals surface area contributed by atoms with E-state index in [2.05, 4.69) is 74.0 Å². The monoisotopic (exact) mass is 317 g/mol. The van der Waals surface area contributed by atoms with Gasteiger partial charge in [-0.2, -0.15) is 0 Å². The van der Waals surface area contributed by atoms with Gasteiger partial charge in [-0.1, -0.05) is 40.2 Å². The molecule has 0 aliphatic carbocycles. The smallest absolute Gasteiger partial charge is 0.0559 e. The van der Waals surface area contributed by atoms with Crippen molar-refractivity contribution in [2.24, 2.45) is 5.73 Å². The quantitative estimate of drug-likeness (QED) is 0.851. The van der Waals surface area contributed by atoms with E-state index in [1.807, 2.05) is 0 Å². The molecule has 0 aromatic heterocycles. The molecular formula is C17H20BrN. The van der Waals surface area contributed by atoms with Crippen molar-refractivity contribution in [3.63, 3.8) is 0 Å². The first-order valence-electron chi connectivity index (χ1n) is 6.50. The largest absolute Gasteiger partial charge is 0.320 e. The highest BCUT2D eigenvalue weighted by molar-refractivity contribution is 9.10. The molecule has 0 fully saturated rings. The van der Waals surface area contributed by atoms with Crippen LogP contribution in [-0.2, 0) is 0 Å². The summed E-state index contributed by atoms with van der Waals surface area (Å²) in [4.78, 5) is 0. The minimum atomic E-state index is -0.0620. The lowest BCUT2D eigenvalue weighted by Gasteiger charge is -2.20. The highest BCUT2D eigenvalue weighted by atomic mass is 79.9. The van der Waals surface area contributed by atoms with Gasteiger partial charge in [0.1, 0.15) is 0 Å². The van der Waals surface area contributed by atoms with Crippen molar-refractivity contribution in [3.8, 4) is 0 Å². The van der Waals surface area contributed by atoms with Crippen LogP contribution >= 0.6 is 15.9 Å². The first-order chi connectivity index (χ1) is 8.91. The molecule has 0 saturated heterocycles. The predicted octanol–water partition coefficient (Wildman–Crippen LogP) is 4.73. The summed E-state index contributed by atoms with van der Waals surface area (Å²) >= 11 is 3.57. The Balaban J connectivity index is 2.56. The Morgan fingerprint density at radius 3 is 2.05 bits per heavy atom. The number of halogens is 1. The van der Waals surface area contributed by atoms with E-state index in [1.54, 1.807) is 0 Å². The fourth-order valence-corrected chi connectivity index (χ4v) is 3.07. The van der Waals surface area contributed by atoms with Crippen molar-refractivity contribution in [1.29, 1.82) is 0 Å². The molecule has 2 N–H and O–H groups in total. The molecular weight excluding hydrogens is 298 g/mol. The lowest BCUT2D eigenvalue weighted by molar-refractivity contribution is 0.840. The van der Waals surface area contributed by atoms with Crippen molar-refractivity contribution < 1.29 is 0 Å². The molecule has 2 heteroatoms. The first kappa shape index (κ1) is 14.3. The first-order valence-corrected chi connectivity index (χ1v) is 7.29. The summed E-state index contributed by atoms with van der Waals surface area (Å²) in [7, 11) is 0. The Bertz CT molecular complexity index is 597. The maximum Gasteiger partial charge on any atom is 0.0559 e. The normalized spacial score (nSPS) is 12.5. The summed E-state index contributed by atoms with van der Waals surface area (Å²) in [5.41, 5.74) is 13.9. The van der Waals surface area contributed by atoms with Crippen LogP contribution in [0.5, 0.6) is 0 Å². The van der Waals surface area contributed by atoms with Gasteiger partial charge in [0.25, 0.3) is 0 Å². The SMILES string of the molecule is Cc1cc(C(N)c2c(C)cccc2C)c(C)cc1Br. The Morgan fingerprint density at radius 1 is 0.895 bits per heavy atom. The molecule has 1 nitrogen and oxygen atoms in total. The van der Waals surface area contributed by atoms with Crippen molar-refractivity contribution in [2.45, 2.75) is 33.7 Å². The maximum absolute atomic E-state index is 6.52. The third-order valence-corrected chi connectivity index (χ3v) is 4.59. The van der Waals surface area contributed by atoms with Crippen LogP contribution in [0.1, 0.15) is 39.4 Å². The number of hydrogen-bond acceptors (Lipinski definition) is 1. The average Bonchev–Trinajstić information content (AvgIpc) is 2.33. The van der Waals surface area contributed by atoms with E-state index in [1.165, 1.54) is 33.4 Å². The van der Waals surface area contributed by atoms with Crippen LogP contribution in [0.25, 0.3) is 0 Å². The molecule has 0 aliphatic heterocycles. The van der Waals surface area contributed by atoms with Gasteiger partial charge >= 0.3 is 0 Å². The van der Waals surface area contributed by atoms with Crippen LogP contribution in [0, 0.1) is 27.7 Å². The molecule has 2 aromatic rings. The zero-order valence-corrected chi connectivity index (χ0v) is 13.5. The molecule has 0 spiro atoms. The predicted molar refractivity (Wildman–Crippen MR) is 85.6 cm³/mol. The van der Waals surface area contributed by atoms with Gasteiger partial charge in [0.05, 0.1) is 6.04 Å². The van der Waals surface area contributed by atoms with E-state index in [-0.39, 0.29) is 6.04 Å². The van der Waals surface area contributed by atoms with E-state index < -0.39 is 0 Å². The number of aryl methyl sites for hydroxylation is 4. The minimum absolute atomic E-state index is 0.0620. The highest BCUT2D eigenvalue weighted by Crippen LogP contribution is 2.30. The van der Waals surface area contributed by atoms with Gasteiger partial charge in [-0.15, -0.1) is 0 Å². The third-order valence-electron chi connectivity index (χ3n) is 3.74. The Labute approximate surface area is 124 Å². The Hall–Kier alpha value is -1.12. The summed E-state index contributed by atoms with van der Waals surface area (Å²) in [5, 5.41) is 0. The zero-order chi connectivity index (χ0) is 14.2. The zero-order valence-electron chi connectivity index (χ0n) is 11.9. The third kappa shape index (κ3) is 2.75. The summed E-state index contributed by atoms with van der Waals surface area (Å²) in [6.07, 6.45) is 0.